The van der Waals surface area contributed by atoms with Gasteiger partial charge in [-0.2, -0.15) is 0 Å². The molecule has 2 rings (SSSR count). The van der Waals surface area contributed by atoms with E-state index < -0.39 is 0 Å². The van der Waals surface area contributed by atoms with Crippen molar-refractivity contribution in [3.8, 4) is 0 Å². The van der Waals surface area contributed by atoms with Gasteiger partial charge in [-0.25, -0.2) is 4.39 Å². The van der Waals surface area contributed by atoms with E-state index in [1.165, 1.54) is 24.9 Å². The van der Waals surface area contributed by atoms with Crippen LogP contribution in [0.3, 0.4) is 0 Å². The van der Waals surface area contributed by atoms with Crippen molar-refractivity contribution in [1.82, 2.24) is 5.32 Å². The molecule has 0 radical (unpaired) electrons. The third kappa shape index (κ3) is 3.14. The van der Waals surface area contributed by atoms with Gasteiger partial charge >= 0.3 is 0 Å². The Hall–Kier alpha value is -1.09. The molecule has 1 aliphatic heterocycles. The molecule has 2 nitrogen and oxygen atoms in total. The van der Waals surface area contributed by atoms with Crippen LogP contribution in [0.5, 0.6) is 0 Å². The summed E-state index contributed by atoms with van der Waals surface area (Å²) in [7, 11) is 1.93. The Morgan fingerprint density at radius 2 is 2.20 bits per heavy atom. The molecule has 0 saturated carbocycles. The minimum Gasteiger partial charge on any atom is -0.371 e. The van der Waals surface area contributed by atoms with E-state index in [0.29, 0.717) is 0 Å². The summed E-state index contributed by atoms with van der Waals surface area (Å²) in [5, 5.41) is 3.23. The minimum atomic E-state index is -0.102. The summed E-state index contributed by atoms with van der Waals surface area (Å²) in [6, 6.07) is 3.90. The van der Waals surface area contributed by atoms with Gasteiger partial charge in [-0.3, -0.25) is 0 Å². The standard InChI is InChI=1S/C17H27FN2/c1-5-6-14-7-8-20(11-14)17-9-12(2)16(18)10-15(17)13(3)19-4/h9-10,13-14,19H,5-8,11H2,1-4H3. The second-order valence-electron chi connectivity index (χ2n) is 6.06. The van der Waals surface area contributed by atoms with Gasteiger partial charge in [0.1, 0.15) is 5.82 Å². The molecule has 1 aromatic carbocycles. The summed E-state index contributed by atoms with van der Waals surface area (Å²) in [5.74, 6) is 0.693. The van der Waals surface area contributed by atoms with Crippen LogP contribution in [-0.2, 0) is 0 Å². The molecule has 1 saturated heterocycles. The molecule has 0 amide bonds. The van der Waals surface area contributed by atoms with E-state index in [1.54, 1.807) is 6.07 Å². The van der Waals surface area contributed by atoms with Crippen LogP contribution in [0.25, 0.3) is 0 Å². The van der Waals surface area contributed by atoms with Gasteiger partial charge in [0.25, 0.3) is 0 Å². The summed E-state index contributed by atoms with van der Waals surface area (Å²) < 4.78 is 13.9. The molecule has 2 unspecified atom stereocenters. The molecule has 0 aliphatic carbocycles. The second-order valence-corrected chi connectivity index (χ2v) is 6.06. The normalized spacial score (nSPS) is 20.4. The number of nitrogens with one attached hydrogen (secondary N) is 1. The Labute approximate surface area is 122 Å². The zero-order valence-electron chi connectivity index (χ0n) is 13.2. The van der Waals surface area contributed by atoms with Crippen LogP contribution in [0.4, 0.5) is 10.1 Å². The molecule has 0 aromatic heterocycles. The quantitative estimate of drug-likeness (QED) is 0.874. The molecule has 3 heteroatoms. The molecular weight excluding hydrogens is 251 g/mol. The van der Waals surface area contributed by atoms with Crippen molar-refractivity contribution in [2.45, 2.75) is 46.1 Å². The number of nitrogens with zero attached hydrogens (tertiary/aromatic N) is 1. The molecule has 20 heavy (non-hydrogen) atoms. The highest BCUT2D eigenvalue weighted by molar-refractivity contribution is 5.57. The largest absolute Gasteiger partial charge is 0.371 e. The van der Waals surface area contributed by atoms with Gasteiger partial charge in [0.15, 0.2) is 0 Å². The van der Waals surface area contributed by atoms with E-state index in [9.17, 15) is 4.39 Å². The average molecular weight is 278 g/mol. The Kier molecular flexibility index (Phi) is 5.03. The first-order chi connectivity index (χ1) is 9.56. The summed E-state index contributed by atoms with van der Waals surface area (Å²) in [5.41, 5.74) is 3.03. The lowest BCUT2D eigenvalue weighted by molar-refractivity contribution is 0.529. The number of halogens is 1. The molecule has 0 spiro atoms. The van der Waals surface area contributed by atoms with Crippen LogP contribution in [-0.4, -0.2) is 20.1 Å². The topological polar surface area (TPSA) is 15.3 Å². The zero-order valence-corrected chi connectivity index (χ0v) is 13.2. The molecule has 1 fully saturated rings. The van der Waals surface area contributed by atoms with Gasteiger partial charge in [0.05, 0.1) is 0 Å². The fraction of sp³-hybridized carbons (Fsp3) is 0.647. The number of anilines is 1. The maximum absolute atomic E-state index is 13.9. The van der Waals surface area contributed by atoms with E-state index in [2.05, 4.69) is 24.1 Å². The molecule has 1 aromatic rings. The van der Waals surface area contributed by atoms with Gasteiger partial charge in [-0.05, 0) is 62.9 Å². The fourth-order valence-corrected chi connectivity index (χ4v) is 3.15. The summed E-state index contributed by atoms with van der Waals surface area (Å²) >= 11 is 0. The van der Waals surface area contributed by atoms with Gasteiger partial charge < -0.3 is 10.2 Å². The maximum Gasteiger partial charge on any atom is 0.126 e. The van der Waals surface area contributed by atoms with E-state index in [-0.39, 0.29) is 11.9 Å². The fourth-order valence-electron chi connectivity index (χ4n) is 3.15. The number of hydrogen-bond donors (Lipinski definition) is 1. The SMILES string of the molecule is CCCC1CCN(c2cc(C)c(F)cc2C(C)NC)C1. The van der Waals surface area contributed by atoms with E-state index in [1.807, 2.05) is 20.0 Å². The average Bonchev–Trinajstić information content (AvgIpc) is 2.89. The van der Waals surface area contributed by atoms with Crippen molar-refractivity contribution in [2.24, 2.45) is 5.92 Å². The lowest BCUT2D eigenvalue weighted by Gasteiger charge is -2.26. The number of benzene rings is 1. The van der Waals surface area contributed by atoms with Crippen molar-refractivity contribution in [1.29, 1.82) is 0 Å². The highest BCUT2D eigenvalue weighted by Gasteiger charge is 2.25. The zero-order chi connectivity index (χ0) is 14.7. The van der Waals surface area contributed by atoms with Crippen LogP contribution >= 0.6 is 0 Å². The highest BCUT2D eigenvalue weighted by Crippen LogP contribution is 2.33. The third-order valence-corrected chi connectivity index (χ3v) is 4.53. The predicted octanol–water partition coefficient (Wildman–Crippen LogP) is 4.04. The molecule has 1 aliphatic rings. The van der Waals surface area contributed by atoms with Gasteiger partial charge in [-0.15, -0.1) is 0 Å². The predicted molar refractivity (Wildman–Crippen MR) is 83.8 cm³/mol. The minimum absolute atomic E-state index is 0.102. The van der Waals surface area contributed by atoms with Gasteiger partial charge in [-0.1, -0.05) is 13.3 Å². The van der Waals surface area contributed by atoms with Crippen molar-refractivity contribution in [2.75, 3.05) is 25.0 Å². The monoisotopic (exact) mass is 278 g/mol. The lowest BCUT2D eigenvalue weighted by Crippen LogP contribution is -2.24. The second kappa shape index (κ2) is 6.57. The molecule has 112 valence electrons. The van der Waals surface area contributed by atoms with Crippen LogP contribution in [0.2, 0.25) is 0 Å². The molecule has 1 N–H and O–H groups in total. The van der Waals surface area contributed by atoms with E-state index >= 15 is 0 Å². The Balaban J connectivity index is 2.28. The lowest BCUT2D eigenvalue weighted by atomic mass is 10.0. The Bertz CT molecular complexity index is 459. The van der Waals surface area contributed by atoms with Crippen LogP contribution < -0.4 is 10.2 Å². The Morgan fingerprint density at radius 1 is 1.45 bits per heavy atom. The van der Waals surface area contributed by atoms with Gasteiger partial charge in [0, 0.05) is 24.8 Å². The van der Waals surface area contributed by atoms with Crippen molar-refractivity contribution in [3.05, 3.63) is 29.1 Å². The summed E-state index contributed by atoms with van der Waals surface area (Å²) in [4.78, 5) is 2.44. The molecule has 1 heterocycles. The van der Waals surface area contributed by atoms with Crippen molar-refractivity contribution in [3.63, 3.8) is 0 Å². The first-order valence-corrected chi connectivity index (χ1v) is 7.79. The molecule has 0 bridgehead atoms. The first kappa shape index (κ1) is 15.3. The number of hydrogen-bond acceptors (Lipinski definition) is 2. The van der Waals surface area contributed by atoms with Crippen molar-refractivity contribution >= 4 is 5.69 Å². The summed E-state index contributed by atoms with van der Waals surface area (Å²) in [6.45, 7) is 8.40. The van der Waals surface area contributed by atoms with E-state index in [4.69, 9.17) is 0 Å². The Morgan fingerprint density at radius 3 is 2.85 bits per heavy atom. The number of rotatable bonds is 5. The van der Waals surface area contributed by atoms with Gasteiger partial charge in [0.2, 0.25) is 0 Å². The molecular formula is C17H27FN2. The van der Waals surface area contributed by atoms with Crippen LogP contribution in [0.15, 0.2) is 12.1 Å². The van der Waals surface area contributed by atoms with Crippen molar-refractivity contribution < 1.29 is 4.39 Å². The number of aryl methyl sites for hydroxylation is 1. The molecule has 2 atom stereocenters. The van der Waals surface area contributed by atoms with Crippen LogP contribution in [0, 0.1) is 18.7 Å². The maximum atomic E-state index is 13.9. The highest BCUT2D eigenvalue weighted by atomic mass is 19.1. The smallest absolute Gasteiger partial charge is 0.126 e. The van der Waals surface area contributed by atoms with E-state index in [0.717, 1.165) is 30.1 Å². The van der Waals surface area contributed by atoms with Crippen LogP contribution in [0.1, 0.15) is 50.3 Å². The third-order valence-electron chi connectivity index (χ3n) is 4.53. The first-order valence-electron chi connectivity index (χ1n) is 7.79. The summed E-state index contributed by atoms with van der Waals surface area (Å²) in [6.07, 6.45) is 3.81.